The zero-order valence-electron chi connectivity index (χ0n) is 6.85. The Labute approximate surface area is 90.9 Å². The number of benzene rings is 1. The summed E-state index contributed by atoms with van der Waals surface area (Å²) in [7, 11) is 0. The van der Waals surface area contributed by atoms with Crippen LogP contribution in [-0.4, -0.2) is 11.0 Å². The van der Waals surface area contributed by atoms with Crippen LogP contribution < -0.4 is 0 Å². The number of phenols is 1. The van der Waals surface area contributed by atoms with Gasteiger partial charge in [0.2, 0.25) is 0 Å². The summed E-state index contributed by atoms with van der Waals surface area (Å²) in [6, 6.07) is 5.15. The molecule has 1 nitrogen and oxygen atoms in total. The van der Waals surface area contributed by atoms with E-state index in [4.69, 9.17) is 11.6 Å². The molecule has 0 saturated carbocycles. The van der Waals surface area contributed by atoms with E-state index in [1.807, 2.05) is 0 Å². The molecule has 1 rings (SSSR count). The van der Waals surface area contributed by atoms with Crippen LogP contribution in [0.25, 0.3) is 0 Å². The van der Waals surface area contributed by atoms with Gasteiger partial charge in [0.25, 0.3) is 0 Å². The second-order valence-electron chi connectivity index (χ2n) is 2.41. The number of aromatic hydroxyl groups is 1. The summed E-state index contributed by atoms with van der Waals surface area (Å²) in [5, 5.41) is 9.20. The predicted octanol–water partition coefficient (Wildman–Crippen LogP) is 3.14. The lowest BCUT2D eigenvalue weighted by atomic mass is 10.2. The molecule has 0 amide bonds. The van der Waals surface area contributed by atoms with E-state index in [1.165, 1.54) is 0 Å². The fraction of sp³-hybridized carbons (Fsp3) is 0.200. The highest BCUT2D eigenvalue weighted by Gasteiger charge is 1.96. The molecule has 0 aliphatic rings. The molecule has 0 radical (unpaired) electrons. The van der Waals surface area contributed by atoms with Gasteiger partial charge in [-0.05, 0) is 34.1 Å². The summed E-state index contributed by atoms with van der Waals surface area (Å²) in [6.45, 7) is 0. The van der Waals surface area contributed by atoms with Crippen molar-refractivity contribution in [2.24, 2.45) is 0 Å². The fourth-order valence-electron chi connectivity index (χ4n) is 0.796. The van der Waals surface area contributed by atoms with E-state index in [2.05, 4.69) is 27.8 Å². The van der Waals surface area contributed by atoms with E-state index in [9.17, 15) is 5.11 Å². The minimum absolute atomic E-state index is 0.225. The summed E-state index contributed by atoms with van der Waals surface area (Å²) < 4.78 is 0.658. The Morgan fingerprint density at radius 3 is 2.85 bits per heavy atom. The highest BCUT2D eigenvalue weighted by Crippen LogP contribution is 2.23. The zero-order chi connectivity index (χ0) is 9.68. The summed E-state index contributed by atoms with van der Waals surface area (Å²) >= 11 is 8.68. The van der Waals surface area contributed by atoms with E-state index >= 15 is 0 Å². The molecular weight excluding hydrogens is 251 g/mol. The van der Waals surface area contributed by atoms with E-state index in [1.54, 1.807) is 18.2 Å². The fourth-order valence-corrected chi connectivity index (χ4v) is 1.27. The van der Waals surface area contributed by atoms with Gasteiger partial charge in [-0.15, -0.1) is 11.6 Å². The first-order valence-corrected chi connectivity index (χ1v) is 5.10. The zero-order valence-corrected chi connectivity index (χ0v) is 9.19. The van der Waals surface area contributed by atoms with Gasteiger partial charge in [-0.1, -0.05) is 11.8 Å². The van der Waals surface area contributed by atoms with Crippen LogP contribution in [0.15, 0.2) is 22.7 Å². The Hall–Kier alpha value is -0.650. The first-order chi connectivity index (χ1) is 6.24. The minimum Gasteiger partial charge on any atom is -0.507 e. The number of alkyl halides is 1. The van der Waals surface area contributed by atoms with Gasteiger partial charge in [0, 0.05) is 17.9 Å². The Bertz CT molecular complexity index is 352. The lowest BCUT2D eigenvalue weighted by Crippen LogP contribution is -1.75. The first kappa shape index (κ1) is 10.4. The molecule has 0 atom stereocenters. The number of hydrogen-bond acceptors (Lipinski definition) is 1. The second kappa shape index (κ2) is 5.16. The molecule has 13 heavy (non-hydrogen) atoms. The lowest BCUT2D eigenvalue weighted by Gasteiger charge is -1.95. The molecule has 1 N–H and O–H groups in total. The van der Waals surface area contributed by atoms with Gasteiger partial charge in [0.05, 0.1) is 4.47 Å². The Morgan fingerprint density at radius 1 is 1.46 bits per heavy atom. The molecule has 3 heteroatoms. The van der Waals surface area contributed by atoms with Crippen molar-refractivity contribution in [2.45, 2.75) is 6.42 Å². The quantitative estimate of drug-likeness (QED) is 0.607. The Kier molecular flexibility index (Phi) is 4.14. The van der Waals surface area contributed by atoms with E-state index in [0.29, 0.717) is 16.8 Å². The van der Waals surface area contributed by atoms with Crippen molar-refractivity contribution < 1.29 is 5.11 Å². The van der Waals surface area contributed by atoms with Crippen LogP contribution in [0.5, 0.6) is 5.75 Å². The van der Waals surface area contributed by atoms with Crippen molar-refractivity contribution in [3.63, 3.8) is 0 Å². The highest BCUT2D eigenvalue weighted by molar-refractivity contribution is 9.10. The lowest BCUT2D eigenvalue weighted by molar-refractivity contribution is 0.472. The van der Waals surface area contributed by atoms with Crippen LogP contribution in [0.1, 0.15) is 12.0 Å². The molecular formula is C10H8BrClO. The molecule has 0 aliphatic carbocycles. The van der Waals surface area contributed by atoms with Crippen molar-refractivity contribution in [2.75, 3.05) is 5.88 Å². The largest absolute Gasteiger partial charge is 0.507 e. The van der Waals surface area contributed by atoms with Crippen LogP contribution in [0.4, 0.5) is 0 Å². The molecule has 68 valence electrons. The van der Waals surface area contributed by atoms with Crippen molar-refractivity contribution in [1.29, 1.82) is 0 Å². The molecule has 0 unspecified atom stereocenters. The molecule has 0 bridgehead atoms. The third kappa shape index (κ3) is 3.30. The first-order valence-electron chi connectivity index (χ1n) is 3.77. The van der Waals surface area contributed by atoms with E-state index < -0.39 is 0 Å². The normalized spacial score (nSPS) is 9.08. The molecule has 0 spiro atoms. The maximum absolute atomic E-state index is 9.20. The molecule has 0 aliphatic heterocycles. The van der Waals surface area contributed by atoms with Crippen molar-refractivity contribution >= 4 is 27.5 Å². The smallest absolute Gasteiger partial charge is 0.129 e. The number of phenolic OH excluding ortho intramolecular Hbond substituents is 1. The summed E-state index contributed by atoms with van der Waals surface area (Å²) in [6.07, 6.45) is 0.681. The van der Waals surface area contributed by atoms with Crippen molar-refractivity contribution in [1.82, 2.24) is 0 Å². The SMILES string of the molecule is Oc1ccc(C#CCCCl)cc1Br. The Balaban J connectivity index is 2.81. The van der Waals surface area contributed by atoms with Crippen molar-refractivity contribution in [3.8, 4) is 17.6 Å². The molecule has 1 aromatic carbocycles. The van der Waals surface area contributed by atoms with E-state index in [0.717, 1.165) is 5.56 Å². The van der Waals surface area contributed by atoms with Crippen LogP contribution in [0.2, 0.25) is 0 Å². The molecule has 0 saturated heterocycles. The number of halogens is 2. The summed E-state index contributed by atoms with van der Waals surface area (Å²) in [5.74, 6) is 6.62. The monoisotopic (exact) mass is 258 g/mol. The van der Waals surface area contributed by atoms with E-state index in [-0.39, 0.29) is 5.75 Å². The topological polar surface area (TPSA) is 20.2 Å². The van der Waals surface area contributed by atoms with Crippen LogP contribution in [0.3, 0.4) is 0 Å². The van der Waals surface area contributed by atoms with Crippen LogP contribution in [-0.2, 0) is 0 Å². The van der Waals surface area contributed by atoms with Gasteiger partial charge in [0.15, 0.2) is 0 Å². The van der Waals surface area contributed by atoms with Gasteiger partial charge in [-0.25, -0.2) is 0 Å². The number of rotatable bonds is 1. The van der Waals surface area contributed by atoms with Gasteiger partial charge >= 0.3 is 0 Å². The minimum atomic E-state index is 0.225. The molecule has 0 heterocycles. The van der Waals surface area contributed by atoms with Gasteiger partial charge in [-0.3, -0.25) is 0 Å². The van der Waals surface area contributed by atoms with Crippen LogP contribution in [0, 0.1) is 11.8 Å². The standard InChI is InChI=1S/C10H8BrClO/c11-9-7-8(3-1-2-6-12)4-5-10(9)13/h4-5,7,13H,2,6H2. The van der Waals surface area contributed by atoms with Crippen molar-refractivity contribution in [3.05, 3.63) is 28.2 Å². The molecule has 0 aromatic heterocycles. The molecule has 1 aromatic rings. The molecule has 0 fully saturated rings. The Morgan fingerprint density at radius 2 is 2.23 bits per heavy atom. The average molecular weight is 260 g/mol. The third-order valence-electron chi connectivity index (χ3n) is 1.40. The summed E-state index contributed by atoms with van der Waals surface area (Å²) in [4.78, 5) is 0. The van der Waals surface area contributed by atoms with Crippen LogP contribution >= 0.6 is 27.5 Å². The maximum atomic E-state index is 9.20. The predicted molar refractivity (Wildman–Crippen MR) is 58.0 cm³/mol. The summed E-state index contributed by atoms with van der Waals surface area (Å²) in [5.41, 5.74) is 0.870. The maximum Gasteiger partial charge on any atom is 0.129 e. The van der Waals surface area contributed by atoms with Gasteiger partial charge < -0.3 is 5.11 Å². The third-order valence-corrected chi connectivity index (χ3v) is 2.22. The van der Waals surface area contributed by atoms with Gasteiger partial charge in [-0.2, -0.15) is 0 Å². The highest BCUT2D eigenvalue weighted by atomic mass is 79.9. The van der Waals surface area contributed by atoms with Gasteiger partial charge in [0.1, 0.15) is 5.75 Å². The second-order valence-corrected chi connectivity index (χ2v) is 3.64. The number of hydrogen-bond donors (Lipinski definition) is 1. The average Bonchev–Trinajstić information content (AvgIpc) is 2.12.